The van der Waals surface area contributed by atoms with Gasteiger partial charge in [0.1, 0.15) is 0 Å². The van der Waals surface area contributed by atoms with Crippen molar-refractivity contribution in [3.8, 4) is 11.5 Å². The van der Waals surface area contributed by atoms with Gasteiger partial charge < -0.3 is 30.0 Å². The molecule has 3 N–H and O–H groups in total. The van der Waals surface area contributed by atoms with Crippen LogP contribution in [0.15, 0.2) is 47.5 Å². The van der Waals surface area contributed by atoms with Crippen LogP contribution in [-0.2, 0) is 22.6 Å². The molecule has 7 nitrogen and oxygen atoms in total. The standard InChI is InChI=1S/C21H29N3O4/c1-4-27-10-11-28-15-17-7-5-6-16(12-17)14-23-21(22)24-18-8-9-19(25-2)20(13-18)26-3/h5-9,12-13H,4,10-11,14-15H2,1-3H3,(H3,22,23,24). The van der Waals surface area contributed by atoms with Crippen molar-refractivity contribution in [2.24, 2.45) is 10.7 Å². The lowest BCUT2D eigenvalue weighted by atomic mass is 10.1. The van der Waals surface area contributed by atoms with Crippen molar-refractivity contribution in [1.82, 2.24) is 0 Å². The van der Waals surface area contributed by atoms with Crippen molar-refractivity contribution in [2.45, 2.75) is 20.1 Å². The summed E-state index contributed by atoms with van der Waals surface area (Å²) in [6.07, 6.45) is 0. The van der Waals surface area contributed by atoms with E-state index in [9.17, 15) is 0 Å². The number of ether oxygens (including phenoxy) is 4. The van der Waals surface area contributed by atoms with E-state index in [4.69, 9.17) is 24.7 Å². The Balaban J connectivity index is 1.89. The highest BCUT2D eigenvalue weighted by Crippen LogP contribution is 2.29. The summed E-state index contributed by atoms with van der Waals surface area (Å²) in [4.78, 5) is 4.40. The lowest BCUT2D eigenvalue weighted by Gasteiger charge is -2.11. The summed E-state index contributed by atoms with van der Waals surface area (Å²) < 4.78 is 21.4. The maximum Gasteiger partial charge on any atom is 0.193 e. The fourth-order valence-electron chi connectivity index (χ4n) is 2.55. The second-order valence-electron chi connectivity index (χ2n) is 5.97. The molecule has 0 saturated heterocycles. The third kappa shape index (κ3) is 7.09. The van der Waals surface area contributed by atoms with Crippen LogP contribution >= 0.6 is 0 Å². The third-order valence-electron chi connectivity index (χ3n) is 3.92. The van der Waals surface area contributed by atoms with Crippen LogP contribution in [0.5, 0.6) is 11.5 Å². The molecule has 0 spiro atoms. The number of nitrogens with zero attached hydrogens (tertiary/aromatic N) is 1. The minimum atomic E-state index is 0.325. The van der Waals surface area contributed by atoms with E-state index < -0.39 is 0 Å². The zero-order valence-electron chi connectivity index (χ0n) is 16.7. The van der Waals surface area contributed by atoms with Gasteiger partial charge in [-0.05, 0) is 30.2 Å². The summed E-state index contributed by atoms with van der Waals surface area (Å²) in [5, 5.41) is 3.06. The first kappa shape index (κ1) is 21.5. The Kier molecular flexibility index (Phi) is 9.10. The van der Waals surface area contributed by atoms with Gasteiger partial charge in [-0.1, -0.05) is 24.3 Å². The molecule has 28 heavy (non-hydrogen) atoms. The van der Waals surface area contributed by atoms with Gasteiger partial charge in [0.05, 0.1) is 40.6 Å². The maximum absolute atomic E-state index is 6.01. The van der Waals surface area contributed by atoms with E-state index in [2.05, 4.69) is 16.4 Å². The van der Waals surface area contributed by atoms with Gasteiger partial charge in [-0.15, -0.1) is 0 Å². The largest absolute Gasteiger partial charge is 0.493 e. The molecule has 0 aliphatic heterocycles. The van der Waals surface area contributed by atoms with E-state index in [1.54, 1.807) is 20.3 Å². The fraction of sp³-hybridized carbons (Fsp3) is 0.381. The van der Waals surface area contributed by atoms with Crippen molar-refractivity contribution in [2.75, 3.05) is 39.4 Å². The van der Waals surface area contributed by atoms with E-state index in [1.165, 1.54) is 0 Å². The second-order valence-corrected chi connectivity index (χ2v) is 5.97. The van der Waals surface area contributed by atoms with Gasteiger partial charge in [-0.25, -0.2) is 4.99 Å². The van der Waals surface area contributed by atoms with Gasteiger partial charge >= 0.3 is 0 Å². The third-order valence-corrected chi connectivity index (χ3v) is 3.92. The molecule has 0 unspecified atom stereocenters. The quantitative estimate of drug-likeness (QED) is 0.350. The number of nitrogens with one attached hydrogen (secondary N) is 1. The maximum atomic E-state index is 6.01. The first-order chi connectivity index (χ1) is 13.7. The lowest BCUT2D eigenvalue weighted by Crippen LogP contribution is -2.22. The van der Waals surface area contributed by atoms with Crippen LogP contribution in [0, 0.1) is 0 Å². The Morgan fingerprint density at radius 1 is 0.964 bits per heavy atom. The summed E-state index contributed by atoms with van der Waals surface area (Å²) in [6, 6.07) is 13.6. The molecule has 0 amide bonds. The van der Waals surface area contributed by atoms with Gasteiger partial charge in [0, 0.05) is 18.4 Å². The average Bonchev–Trinajstić information content (AvgIpc) is 2.72. The van der Waals surface area contributed by atoms with Crippen molar-refractivity contribution < 1.29 is 18.9 Å². The summed E-state index contributed by atoms with van der Waals surface area (Å²) in [5.41, 5.74) is 8.93. The molecule has 152 valence electrons. The Hall–Kier alpha value is -2.77. The van der Waals surface area contributed by atoms with E-state index in [0.29, 0.717) is 50.4 Å². The topological polar surface area (TPSA) is 87.3 Å². The van der Waals surface area contributed by atoms with Crippen LogP contribution in [0.1, 0.15) is 18.1 Å². The van der Waals surface area contributed by atoms with Gasteiger partial charge in [0.2, 0.25) is 0 Å². The molecule has 0 aliphatic carbocycles. The van der Waals surface area contributed by atoms with Gasteiger partial charge in [-0.3, -0.25) is 0 Å². The smallest absolute Gasteiger partial charge is 0.193 e. The molecule has 0 heterocycles. The van der Waals surface area contributed by atoms with Crippen molar-refractivity contribution in [3.63, 3.8) is 0 Å². The highest BCUT2D eigenvalue weighted by atomic mass is 16.5. The molecule has 0 fully saturated rings. The molecule has 0 radical (unpaired) electrons. The van der Waals surface area contributed by atoms with Crippen LogP contribution < -0.4 is 20.5 Å². The minimum absolute atomic E-state index is 0.325. The number of guanidine groups is 1. The number of rotatable bonds is 11. The number of hydrogen-bond acceptors (Lipinski definition) is 5. The van der Waals surface area contributed by atoms with Gasteiger partial charge in [-0.2, -0.15) is 0 Å². The number of aliphatic imine (C=N–C) groups is 1. The Morgan fingerprint density at radius 3 is 2.46 bits per heavy atom. The van der Waals surface area contributed by atoms with Crippen LogP contribution in [0.2, 0.25) is 0 Å². The molecule has 2 rings (SSSR count). The highest BCUT2D eigenvalue weighted by Gasteiger charge is 2.05. The molecule has 2 aromatic carbocycles. The molecule has 0 bridgehead atoms. The summed E-state index contributed by atoms with van der Waals surface area (Å²) in [6.45, 7) is 4.88. The number of nitrogens with two attached hydrogens (primary N) is 1. The molecule has 0 aliphatic rings. The first-order valence-electron chi connectivity index (χ1n) is 9.18. The molecule has 2 aromatic rings. The normalized spacial score (nSPS) is 11.3. The highest BCUT2D eigenvalue weighted by molar-refractivity contribution is 5.92. The zero-order chi connectivity index (χ0) is 20.2. The number of methoxy groups -OCH3 is 2. The SMILES string of the molecule is CCOCCOCc1cccc(CN=C(N)Nc2ccc(OC)c(OC)c2)c1. The Morgan fingerprint density at radius 2 is 1.71 bits per heavy atom. The van der Waals surface area contributed by atoms with E-state index in [-0.39, 0.29) is 0 Å². The summed E-state index contributed by atoms with van der Waals surface area (Å²) in [7, 11) is 3.19. The fourth-order valence-corrected chi connectivity index (χ4v) is 2.55. The van der Waals surface area contributed by atoms with E-state index in [1.807, 2.05) is 37.3 Å². The number of anilines is 1. The van der Waals surface area contributed by atoms with Crippen molar-refractivity contribution in [3.05, 3.63) is 53.6 Å². The van der Waals surface area contributed by atoms with E-state index in [0.717, 1.165) is 16.8 Å². The Bertz CT molecular complexity index is 765. The average molecular weight is 387 g/mol. The number of hydrogen-bond donors (Lipinski definition) is 2. The molecular weight excluding hydrogens is 358 g/mol. The lowest BCUT2D eigenvalue weighted by molar-refractivity contribution is 0.0453. The monoisotopic (exact) mass is 387 g/mol. The van der Waals surface area contributed by atoms with Crippen molar-refractivity contribution >= 4 is 11.6 Å². The first-order valence-corrected chi connectivity index (χ1v) is 9.18. The molecule has 0 aromatic heterocycles. The van der Waals surface area contributed by atoms with Crippen LogP contribution in [0.3, 0.4) is 0 Å². The molecule has 0 atom stereocenters. The summed E-state index contributed by atoms with van der Waals surface area (Å²) >= 11 is 0. The predicted octanol–water partition coefficient (Wildman–Crippen LogP) is 3.18. The number of benzene rings is 2. The van der Waals surface area contributed by atoms with Crippen LogP contribution in [-0.4, -0.2) is 40.0 Å². The molecule has 7 heteroatoms. The Labute approximate surface area is 166 Å². The van der Waals surface area contributed by atoms with Gasteiger partial charge in [0.25, 0.3) is 0 Å². The summed E-state index contributed by atoms with van der Waals surface area (Å²) in [5.74, 6) is 1.60. The van der Waals surface area contributed by atoms with E-state index >= 15 is 0 Å². The van der Waals surface area contributed by atoms with Crippen molar-refractivity contribution in [1.29, 1.82) is 0 Å². The zero-order valence-corrected chi connectivity index (χ0v) is 16.7. The molecule has 0 saturated carbocycles. The van der Waals surface area contributed by atoms with Crippen LogP contribution in [0.25, 0.3) is 0 Å². The van der Waals surface area contributed by atoms with Gasteiger partial charge in [0.15, 0.2) is 17.5 Å². The van der Waals surface area contributed by atoms with Crippen LogP contribution in [0.4, 0.5) is 5.69 Å². The minimum Gasteiger partial charge on any atom is -0.493 e. The molecular formula is C21H29N3O4. The second kappa shape index (κ2) is 11.8. The predicted molar refractivity (Wildman–Crippen MR) is 111 cm³/mol.